The van der Waals surface area contributed by atoms with Crippen LogP contribution in [0.5, 0.6) is 0 Å². The van der Waals surface area contributed by atoms with Crippen molar-refractivity contribution in [2.45, 2.75) is 37.5 Å². The molecule has 27 heavy (non-hydrogen) atoms. The maximum atomic E-state index is 13.1. The van der Waals surface area contributed by atoms with Gasteiger partial charge >= 0.3 is 0 Å². The Morgan fingerprint density at radius 2 is 1.89 bits per heavy atom. The summed E-state index contributed by atoms with van der Waals surface area (Å²) in [7, 11) is 0. The van der Waals surface area contributed by atoms with Gasteiger partial charge < -0.3 is 10.6 Å². The SMILES string of the molecule is N=C(/C=C\Nc1ccnc(F)c1)NC(=O)C1(c2ccccc2)CCCCC1. The van der Waals surface area contributed by atoms with Gasteiger partial charge in [-0.3, -0.25) is 10.2 Å². The number of benzene rings is 1. The first-order valence-corrected chi connectivity index (χ1v) is 9.10. The van der Waals surface area contributed by atoms with Crippen molar-refractivity contribution < 1.29 is 9.18 Å². The molecule has 0 aliphatic heterocycles. The second-order valence-electron chi connectivity index (χ2n) is 6.72. The minimum atomic E-state index is -0.584. The summed E-state index contributed by atoms with van der Waals surface area (Å²) in [6.45, 7) is 0. The molecule has 0 unspecified atom stereocenters. The highest BCUT2D eigenvalue weighted by Gasteiger charge is 2.41. The number of nitrogens with one attached hydrogen (secondary N) is 3. The van der Waals surface area contributed by atoms with E-state index in [1.807, 2.05) is 30.3 Å². The van der Waals surface area contributed by atoms with E-state index < -0.39 is 11.4 Å². The number of halogens is 1. The molecule has 140 valence electrons. The van der Waals surface area contributed by atoms with Crippen LogP contribution in [0.25, 0.3) is 0 Å². The van der Waals surface area contributed by atoms with Gasteiger partial charge in [-0.25, -0.2) is 4.98 Å². The van der Waals surface area contributed by atoms with Gasteiger partial charge in [0, 0.05) is 24.2 Å². The Kier molecular flexibility index (Phi) is 5.96. The van der Waals surface area contributed by atoms with Crippen LogP contribution in [0.15, 0.2) is 60.9 Å². The largest absolute Gasteiger partial charge is 0.361 e. The smallest absolute Gasteiger partial charge is 0.236 e. The van der Waals surface area contributed by atoms with Gasteiger partial charge in [-0.2, -0.15) is 4.39 Å². The van der Waals surface area contributed by atoms with E-state index in [2.05, 4.69) is 15.6 Å². The summed E-state index contributed by atoms with van der Waals surface area (Å²) in [6, 6.07) is 12.7. The lowest BCUT2D eigenvalue weighted by atomic mass is 9.68. The normalized spacial score (nSPS) is 16.0. The van der Waals surface area contributed by atoms with E-state index in [1.54, 1.807) is 6.07 Å². The number of hydrogen-bond acceptors (Lipinski definition) is 4. The Morgan fingerprint density at radius 3 is 2.59 bits per heavy atom. The molecule has 1 aromatic heterocycles. The number of aromatic nitrogens is 1. The van der Waals surface area contributed by atoms with Crippen LogP contribution in [0.3, 0.4) is 0 Å². The number of rotatable bonds is 5. The predicted molar refractivity (Wildman–Crippen MR) is 104 cm³/mol. The van der Waals surface area contributed by atoms with Gasteiger partial charge in [0.15, 0.2) is 0 Å². The van der Waals surface area contributed by atoms with Crippen LogP contribution in [0, 0.1) is 11.4 Å². The molecule has 3 rings (SSSR count). The van der Waals surface area contributed by atoms with Crippen LogP contribution in [-0.4, -0.2) is 16.7 Å². The standard InChI is InChI=1S/C21H23FN4O/c22-18-15-17(9-13-25-18)24-14-10-19(23)26-20(27)21(11-5-2-6-12-21)16-7-3-1-4-8-16/h1,3-4,7-10,13-15H,2,5-6,11-12H2,(H,24,25)(H2,23,26,27)/b14-10-. The molecule has 1 aromatic carbocycles. The number of amidine groups is 1. The van der Waals surface area contributed by atoms with E-state index in [-0.39, 0.29) is 11.7 Å². The van der Waals surface area contributed by atoms with Crippen molar-refractivity contribution >= 4 is 17.4 Å². The van der Waals surface area contributed by atoms with Crippen molar-refractivity contribution in [2.24, 2.45) is 0 Å². The highest BCUT2D eigenvalue weighted by molar-refractivity contribution is 6.06. The second-order valence-corrected chi connectivity index (χ2v) is 6.72. The van der Waals surface area contributed by atoms with Gasteiger partial charge in [0.1, 0.15) is 5.84 Å². The zero-order chi connectivity index (χ0) is 19.1. The summed E-state index contributed by atoms with van der Waals surface area (Å²) in [5, 5.41) is 13.6. The first kappa shape index (κ1) is 18.8. The Balaban J connectivity index is 1.66. The number of nitrogens with zero attached hydrogens (tertiary/aromatic N) is 1. The summed E-state index contributed by atoms with van der Waals surface area (Å²) >= 11 is 0. The lowest BCUT2D eigenvalue weighted by molar-refractivity contribution is -0.126. The molecular weight excluding hydrogens is 343 g/mol. The van der Waals surface area contributed by atoms with E-state index in [1.165, 1.54) is 24.5 Å². The molecule has 0 bridgehead atoms. The molecule has 1 saturated carbocycles. The molecule has 0 spiro atoms. The summed E-state index contributed by atoms with van der Waals surface area (Å²) in [5.74, 6) is -0.736. The van der Waals surface area contributed by atoms with Gasteiger partial charge in [0.05, 0.1) is 5.41 Å². The fraction of sp³-hybridized carbons (Fsp3) is 0.286. The average Bonchev–Trinajstić information content (AvgIpc) is 2.69. The van der Waals surface area contributed by atoms with Crippen LogP contribution < -0.4 is 10.6 Å². The van der Waals surface area contributed by atoms with Gasteiger partial charge in [0.2, 0.25) is 11.9 Å². The Morgan fingerprint density at radius 1 is 1.15 bits per heavy atom. The monoisotopic (exact) mass is 366 g/mol. The van der Waals surface area contributed by atoms with Crippen LogP contribution in [0.2, 0.25) is 0 Å². The summed E-state index contributed by atoms with van der Waals surface area (Å²) in [4.78, 5) is 16.5. The minimum Gasteiger partial charge on any atom is -0.361 e. The molecule has 6 heteroatoms. The lowest BCUT2D eigenvalue weighted by Crippen LogP contribution is -2.47. The third kappa shape index (κ3) is 4.58. The highest BCUT2D eigenvalue weighted by atomic mass is 19.1. The minimum absolute atomic E-state index is 0.0112. The Hall–Kier alpha value is -3.02. The van der Waals surface area contributed by atoms with E-state index in [0.29, 0.717) is 5.69 Å². The molecule has 1 aliphatic rings. The van der Waals surface area contributed by atoms with E-state index in [0.717, 1.165) is 37.7 Å². The average molecular weight is 366 g/mol. The number of amides is 1. The molecular formula is C21H23FN4O. The maximum absolute atomic E-state index is 13.1. The molecule has 1 heterocycles. The van der Waals surface area contributed by atoms with Crippen LogP contribution in [0.1, 0.15) is 37.7 Å². The van der Waals surface area contributed by atoms with Crippen LogP contribution in [0.4, 0.5) is 10.1 Å². The molecule has 0 saturated heterocycles. The third-order valence-corrected chi connectivity index (χ3v) is 4.94. The van der Waals surface area contributed by atoms with E-state index >= 15 is 0 Å². The van der Waals surface area contributed by atoms with Crippen molar-refractivity contribution in [2.75, 3.05) is 5.32 Å². The summed E-state index contributed by atoms with van der Waals surface area (Å²) in [5.41, 5.74) is 0.941. The van der Waals surface area contributed by atoms with E-state index in [4.69, 9.17) is 5.41 Å². The molecule has 1 aliphatic carbocycles. The van der Waals surface area contributed by atoms with Crippen molar-refractivity contribution in [3.63, 3.8) is 0 Å². The first-order valence-electron chi connectivity index (χ1n) is 9.10. The van der Waals surface area contributed by atoms with Gasteiger partial charge in [-0.1, -0.05) is 49.6 Å². The number of carbonyl (C=O) groups excluding carboxylic acids is 1. The van der Waals surface area contributed by atoms with Crippen LogP contribution in [-0.2, 0) is 10.2 Å². The molecule has 3 N–H and O–H groups in total. The lowest BCUT2D eigenvalue weighted by Gasteiger charge is -2.36. The first-order chi connectivity index (χ1) is 13.1. The quantitative estimate of drug-likeness (QED) is 0.423. The number of pyridine rings is 1. The topological polar surface area (TPSA) is 77.9 Å². The summed E-state index contributed by atoms with van der Waals surface area (Å²) < 4.78 is 13.1. The van der Waals surface area contributed by atoms with E-state index in [9.17, 15) is 9.18 Å². The zero-order valence-corrected chi connectivity index (χ0v) is 15.0. The number of anilines is 1. The zero-order valence-electron chi connectivity index (χ0n) is 15.0. The fourth-order valence-corrected chi connectivity index (χ4v) is 3.56. The molecule has 0 atom stereocenters. The number of carbonyl (C=O) groups is 1. The van der Waals surface area contributed by atoms with Gasteiger partial charge in [0.25, 0.3) is 0 Å². The van der Waals surface area contributed by atoms with Crippen LogP contribution >= 0.6 is 0 Å². The molecule has 0 radical (unpaired) electrons. The van der Waals surface area contributed by atoms with Crippen molar-refractivity contribution in [3.05, 3.63) is 72.4 Å². The van der Waals surface area contributed by atoms with Gasteiger partial charge in [-0.05, 0) is 30.5 Å². The third-order valence-electron chi connectivity index (χ3n) is 4.94. The highest BCUT2D eigenvalue weighted by Crippen LogP contribution is 2.39. The maximum Gasteiger partial charge on any atom is 0.236 e. The molecule has 1 fully saturated rings. The summed E-state index contributed by atoms with van der Waals surface area (Å²) in [6.07, 6.45) is 8.99. The van der Waals surface area contributed by atoms with Crippen molar-refractivity contribution in [1.82, 2.24) is 10.3 Å². The van der Waals surface area contributed by atoms with Crippen molar-refractivity contribution in [1.29, 1.82) is 5.41 Å². The molecule has 1 amide bonds. The number of hydrogen-bond donors (Lipinski definition) is 3. The van der Waals surface area contributed by atoms with Crippen molar-refractivity contribution in [3.8, 4) is 0 Å². The van der Waals surface area contributed by atoms with Gasteiger partial charge in [-0.15, -0.1) is 0 Å². The second kappa shape index (κ2) is 8.58. The fourth-order valence-electron chi connectivity index (χ4n) is 3.56. The predicted octanol–water partition coefficient (Wildman–Crippen LogP) is 4.14. The Labute approximate surface area is 158 Å². The Bertz CT molecular complexity index is 829. The molecule has 2 aromatic rings. The molecule has 5 nitrogen and oxygen atoms in total.